The Hall–Kier alpha value is -2.33. The number of amides is 1. The second-order valence-electron chi connectivity index (χ2n) is 4.74. The van der Waals surface area contributed by atoms with Crippen molar-refractivity contribution >= 4 is 5.91 Å². The van der Waals surface area contributed by atoms with E-state index in [-0.39, 0.29) is 12.5 Å². The number of rotatable bonds is 6. The van der Waals surface area contributed by atoms with E-state index in [1.807, 2.05) is 54.6 Å². The summed E-state index contributed by atoms with van der Waals surface area (Å²) >= 11 is 0. The summed E-state index contributed by atoms with van der Waals surface area (Å²) in [7, 11) is 3.27. The van der Waals surface area contributed by atoms with Gasteiger partial charge in [0.05, 0.1) is 0 Å². The number of benzene rings is 2. The molecule has 0 saturated heterocycles. The summed E-state index contributed by atoms with van der Waals surface area (Å²) in [6.45, 7) is 0.652. The van der Waals surface area contributed by atoms with Gasteiger partial charge in [-0.15, -0.1) is 0 Å². The van der Waals surface area contributed by atoms with Gasteiger partial charge in [0.25, 0.3) is 0 Å². The number of hydrogen-bond acceptors (Lipinski definition) is 3. The molecule has 21 heavy (non-hydrogen) atoms. The minimum Gasteiger partial charge on any atom is -0.457 e. The maximum absolute atomic E-state index is 11.6. The molecule has 0 aliphatic rings. The highest BCUT2D eigenvalue weighted by atomic mass is 16.5. The maximum Gasteiger partial charge on any atom is 0.248 e. The Balaban J connectivity index is 1.94. The van der Waals surface area contributed by atoms with Crippen LogP contribution in [-0.4, -0.2) is 31.6 Å². The van der Waals surface area contributed by atoms with Crippen LogP contribution < -0.4 is 4.74 Å². The van der Waals surface area contributed by atoms with Crippen LogP contribution >= 0.6 is 0 Å². The zero-order valence-corrected chi connectivity index (χ0v) is 12.3. The average molecular weight is 285 g/mol. The molecule has 0 unspecified atom stereocenters. The fourth-order valence-electron chi connectivity index (χ4n) is 1.88. The van der Waals surface area contributed by atoms with E-state index in [0.29, 0.717) is 6.54 Å². The van der Waals surface area contributed by atoms with E-state index in [4.69, 9.17) is 9.47 Å². The first-order valence-corrected chi connectivity index (χ1v) is 6.74. The van der Waals surface area contributed by atoms with Crippen LogP contribution in [0, 0.1) is 0 Å². The van der Waals surface area contributed by atoms with Gasteiger partial charge < -0.3 is 14.4 Å². The zero-order valence-electron chi connectivity index (χ0n) is 12.3. The molecule has 0 saturated carbocycles. The van der Waals surface area contributed by atoms with E-state index in [0.717, 1.165) is 17.1 Å². The lowest BCUT2D eigenvalue weighted by molar-refractivity contribution is -0.134. The summed E-state index contributed by atoms with van der Waals surface area (Å²) in [4.78, 5) is 13.3. The van der Waals surface area contributed by atoms with E-state index in [1.165, 1.54) is 7.11 Å². The van der Waals surface area contributed by atoms with Crippen LogP contribution in [0.25, 0.3) is 0 Å². The van der Waals surface area contributed by atoms with Crippen molar-refractivity contribution in [1.82, 2.24) is 4.90 Å². The second kappa shape index (κ2) is 7.45. The molecular weight excluding hydrogens is 266 g/mol. The van der Waals surface area contributed by atoms with Crippen molar-refractivity contribution in [2.24, 2.45) is 0 Å². The summed E-state index contributed by atoms with van der Waals surface area (Å²) in [5.41, 5.74) is 1.04. The fraction of sp³-hybridized carbons (Fsp3) is 0.235. The Kier molecular flexibility index (Phi) is 5.35. The summed E-state index contributed by atoms with van der Waals surface area (Å²) in [6, 6.07) is 17.3. The number of carbonyl (C=O) groups excluding carboxylic acids is 1. The molecule has 4 nitrogen and oxygen atoms in total. The molecule has 0 aliphatic carbocycles. The van der Waals surface area contributed by atoms with Crippen LogP contribution in [0.3, 0.4) is 0 Å². The first-order chi connectivity index (χ1) is 10.2. The quantitative estimate of drug-likeness (QED) is 0.818. The number of likely N-dealkylation sites (N-methyl/N-ethyl adjacent to an activating group) is 1. The number of ether oxygens (including phenoxy) is 2. The van der Waals surface area contributed by atoms with Gasteiger partial charge in [0.15, 0.2) is 0 Å². The molecule has 110 valence electrons. The lowest BCUT2D eigenvalue weighted by atomic mass is 10.2. The molecule has 4 heteroatoms. The second-order valence-corrected chi connectivity index (χ2v) is 4.74. The highest BCUT2D eigenvalue weighted by molar-refractivity contribution is 5.77. The highest BCUT2D eigenvalue weighted by Gasteiger charge is 2.08. The molecule has 2 rings (SSSR count). The summed E-state index contributed by atoms with van der Waals surface area (Å²) in [5, 5.41) is 0. The Labute approximate surface area is 124 Å². The normalized spacial score (nSPS) is 10.2. The van der Waals surface area contributed by atoms with Crippen LogP contribution in [0.2, 0.25) is 0 Å². The number of nitrogens with zero attached hydrogens (tertiary/aromatic N) is 1. The van der Waals surface area contributed by atoms with Crippen molar-refractivity contribution in [3.05, 3.63) is 60.2 Å². The molecule has 2 aromatic carbocycles. The number of para-hydroxylation sites is 1. The van der Waals surface area contributed by atoms with Crippen molar-refractivity contribution in [3.63, 3.8) is 0 Å². The molecule has 0 atom stereocenters. The standard InChI is InChI=1S/C17H19NO3/c1-18(17(19)13-20-2)12-14-8-10-16(11-9-14)21-15-6-4-3-5-7-15/h3-11H,12-13H2,1-2H3. The molecule has 0 aliphatic heterocycles. The first kappa shape index (κ1) is 15.1. The third-order valence-electron chi connectivity index (χ3n) is 3.02. The summed E-state index contributed by atoms with van der Waals surface area (Å²) in [6.07, 6.45) is 0. The van der Waals surface area contributed by atoms with Crippen LogP contribution in [0.5, 0.6) is 11.5 Å². The van der Waals surface area contributed by atoms with Gasteiger partial charge in [0.2, 0.25) is 5.91 Å². The predicted octanol–water partition coefficient (Wildman–Crippen LogP) is 3.08. The number of methoxy groups -OCH3 is 1. The molecule has 0 heterocycles. The topological polar surface area (TPSA) is 38.8 Å². The van der Waals surface area contributed by atoms with Crippen LogP contribution in [-0.2, 0) is 16.1 Å². The first-order valence-electron chi connectivity index (χ1n) is 6.74. The van der Waals surface area contributed by atoms with Crippen molar-refractivity contribution in [2.45, 2.75) is 6.54 Å². The monoisotopic (exact) mass is 285 g/mol. The van der Waals surface area contributed by atoms with Gasteiger partial charge in [0, 0.05) is 20.7 Å². The number of hydrogen-bond donors (Lipinski definition) is 0. The Morgan fingerprint density at radius 2 is 1.62 bits per heavy atom. The SMILES string of the molecule is COCC(=O)N(C)Cc1ccc(Oc2ccccc2)cc1. The molecule has 0 fully saturated rings. The molecule has 0 radical (unpaired) electrons. The molecule has 0 aromatic heterocycles. The van der Waals surface area contributed by atoms with Gasteiger partial charge in [-0.3, -0.25) is 4.79 Å². The molecule has 1 amide bonds. The number of carbonyl (C=O) groups is 1. The Bertz CT molecular complexity index is 566. The van der Waals surface area contributed by atoms with Gasteiger partial charge in [0.1, 0.15) is 18.1 Å². The Morgan fingerprint density at radius 1 is 1.00 bits per heavy atom. The lowest BCUT2D eigenvalue weighted by Gasteiger charge is -2.17. The summed E-state index contributed by atoms with van der Waals surface area (Å²) in [5.74, 6) is 1.54. The van der Waals surface area contributed by atoms with E-state index >= 15 is 0 Å². The van der Waals surface area contributed by atoms with Crippen LogP contribution in [0.4, 0.5) is 0 Å². The molecule has 2 aromatic rings. The molecular formula is C17H19NO3. The molecule has 0 N–H and O–H groups in total. The molecule has 0 bridgehead atoms. The predicted molar refractivity (Wildman–Crippen MR) is 81.3 cm³/mol. The van der Waals surface area contributed by atoms with Crippen molar-refractivity contribution < 1.29 is 14.3 Å². The molecule has 0 spiro atoms. The van der Waals surface area contributed by atoms with Gasteiger partial charge >= 0.3 is 0 Å². The van der Waals surface area contributed by atoms with Crippen molar-refractivity contribution in [2.75, 3.05) is 20.8 Å². The van der Waals surface area contributed by atoms with Crippen LogP contribution in [0.1, 0.15) is 5.56 Å². The van der Waals surface area contributed by atoms with E-state index in [9.17, 15) is 4.79 Å². The fourth-order valence-corrected chi connectivity index (χ4v) is 1.88. The van der Waals surface area contributed by atoms with E-state index < -0.39 is 0 Å². The van der Waals surface area contributed by atoms with Gasteiger partial charge in [-0.25, -0.2) is 0 Å². The highest BCUT2D eigenvalue weighted by Crippen LogP contribution is 2.21. The van der Waals surface area contributed by atoms with E-state index in [2.05, 4.69) is 0 Å². The van der Waals surface area contributed by atoms with E-state index in [1.54, 1.807) is 11.9 Å². The van der Waals surface area contributed by atoms with Gasteiger partial charge in [-0.1, -0.05) is 30.3 Å². The lowest BCUT2D eigenvalue weighted by Crippen LogP contribution is -2.29. The van der Waals surface area contributed by atoms with Gasteiger partial charge in [-0.2, -0.15) is 0 Å². The van der Waals surface area contributed by atoms with Gasteiger partial charge in [-0.05, 0) is 29.8 Å². The third-order valence-corrected chi connectivity index (χ3v) is 3.02. The zero-order chi connectivity index (χ0) is 15.1. The largest absolute Gasteiger partial charge is 0.457 e. The third kappa shape index (κ3) is 4.61. The summed E-state index contributed by atoms with van der Waals surface area (Å²) < 4.78 is 10.6. The minimum atomic E-state index is -0.0397. The van der Waals surface area contributed by atoms with Crippen molar-refractivity contribution in [1.29, 1.82) is 0 Å². The van der Waals surface area contributed by atoms with Crippen LogP contribution in [0.15, 0.2) is 54.6 Å². The smallest absolute Gasteiger partial charge is 0.248 e. The minimum absolute atomic E-state index is 0.0397. The average Bonchev–Trinajstić information content (AvgIpc) is 2.50. The Morgan fingerprint density at radius 3 is 2.24 bits per heavy atom. The maximum atomic E-state index is 11.6. The van der Waals surface area contributed by atoms with Crippen molar-refractivity contribution in [3.8, 4) is 11.5 Å².